The number of hydrogen-bond donors (Lipinski definition) is 0. The van der Waals surface area contributed by atoms with Crippen molar-refractivity contribution in [2.75, 3.05) is 32.7 Å². The maximum absolute atomic E-state index is 2.71. The van der Waals surface area contributed by atoms with Crippen LogP contribution < -0.4 is 0 Å². The first-order valence-electron chi connectivity index (χ1n) is 8.54. The summed E-state index contributed by atoms with van der Waals surface area (Å²) in [4.78, 5) is 5.31. The van der Waals surface area contributed by atoms with Gasteiger partial charge in [-0.3, -0.25) is 4.90 Å². The summed E-state index contributed by atoms with van der Waals surface area (Å²) in [5, 5.41) is 0. The fourth-order valence-electron chi connectivity index (χ4n) is 4.41. The molecule has 1 saturated carbocycles. The van der Waals surface area contributed by atoms with Crippen molar-refractivity contribution >= 4 is 0 Å². The van der Waals surface area contributed by atoms with Crippen LogP contribution in [0.15, 0.2) is 42.5 Å². The summed E-state index contributed by atoms with van der Waals surface area (Å²) in [7, 11) is 0. The van der Waals surface area contributed by atoms with Crippen LogP contribution in [-0.4, -0.2) is 42.5 Å². The number of allylic oxidation sites excluding steroid dienone is 2. The lowest BCUT2D eigenvalue weighted by molar-refractivity contribution is 0.108. The van der Waals surface area contributed by atoms with Crippen LogP contribution in [0.2, 0.25) is 0 Å². The van der Waals surface area contributed by atoms with Gasteiger partial charge in [-0.15, -0.1) is 0 Å². The molecule has 0 radical (unpaired) electrons. The van der Waals surface area contributed by atoms with Gasteiger partial charge in [0.05, 0.1) is 0 Å². The monoisotopic (exact) mass is 282 g/mol. The molecule has 112 valence electrons. The Kier molecular flexibility index (Phi) is 3.83. The quantitative estimate of drug-likeness (QED) is 0.783. The van der Waals surface area contributed by atoms with Gasteiger partial charge in [-0.25, -0.2) is 0 Å². The van der Waals surface area contributed by atoms with Crippen molar-refractivity contribution < 1.29 is 0 Å². The lowest BCUT2D eigenvalue weighted by Gasteiger charge is -2.37. The lowest BCUT2D eigenvalue weighted by atomic mass is 9.93. The van der Waals surface area contributed by atoms with Gasteiger partial charge in [0, 0.05) is 39.3 Å². The first-order chi connectivity index (χ1) is 10.4. The predicted octanol–water partition coefficient (Wildman–Crippen LogP) is 3.02. The molecule has 0 unspecified atom stereocenters. The Labute approximate surface area is 128 Å². The molecule has 2 aliphatic carbocycles. The average molecular weight is 282 g/mol. The minimum Gasteiger partial charge on any atom is -0.300 e. The molecule has 0 amide bonds. The largest absolute Gasteiger partial charge is 0.300 e. The highest BCUT2D eigenvalue weighted by Crippen LogP contribution is 2.43. The molecule has 2 bridgehead atoms. The maximum atomic E-state index is 2.71. The van der Waals surface area contributed by atoms with Gasteiger partial charge in [0.25, 0.3) is 0 Å². The van der Waals surface area contributed by atoms with E-state index in [9.17, 15) is 0 Å². The molecule has 3 atom stereocenters. The molecule has 0 N–H and O–H groups in total. The number of piperazine rings is 1. The third kappa shape index (κ3) is 3.07. The summed E-state index contributed by atoms with van der Waals surface area (Å²) in [6.07, 6.45) is 7.84. The summed E-state index contributed by atoms with van der Waals surface area (Å²) in [6, 6.07) is 10.9. The van der Waals surface area contributed by atoms with E-state index in [4.69, 9.17) is 0 Å². The summed E-state index contributed by atoms with van der Waals surface area (Å²) < 4.78 is 0. The highest BCUT2D eigenvalue weighted by atomic mass is 15.3. The van der Waals surface area contributed by atoms with E-state index in [1.165, 1.54) is 51.1 Å². The Morgan fingerprint density at radius 3 is 2.29 bits per heavy atom. The van der Waals surface area contributed by atoms with Crippen LogP contribution in [0.1, 0.15) is 18.4 Å². The van der Waals surface area contributed by atoms with Crippen LogP contribution in [0.3, 0.4) is 0 Å². The number of nitrogens with zero attached hydrogens (tertiary/aromatic N) is 2. The number of fused-ring (bicyclic) bond motifs is 2. The Morgan fingerprint density at radius 1 is 0.857 bits per heavy atom. The second-order valence-electron chi connectivity index (χ2n) is 7.10. The standard InChI is InChI=1S/C19H26N2/c1-2-4-16(5-3-1)14-20-8-10-21(11-9-20)15-19-13-17-6-7-18(19)12-17/h1-7,17-19H,8-15H2/t17-,18-,19+/m0/s1. The van der Waals surface area contributed by atoms with Gasteiger partial charge in [-0.2, -0.15) is 0 Å². The smallest absolute Gasteiger partial charge is 0.0234 e. The third-order valence-electron chi connectivity index (χ3n) is 5.62. The van der Waals surface area contributed by atoms with Crippen LogP contribution in [0, 0.1) is 17.8 Å². The van der Waals surface area contributed by atoms with Crippen molar-refractivity contribution in [1.29, 1.82) is 0 Å². The Morgan fingerprint density at radius 2 is 1.62 bits per heavy atom. The van der Waals surface area contributed by atoms with Crippen molar-refractivity contribution in [1.82, 2.24) is 9.80 Å². The topological polar surface area (TPSA) is 6.48 Å². The Hall–Kier alpha value is -1.12. The molecule has 0 aromatic heterocycles. The fraction of sp³-hybridized carbons (Fsp3) is 0.579. The average Bonchev–Trinajstić information content (AvgIpc) is 3.13. The van der Waals surface area contributed by atoms with Gasteiger partial charge in [-0.1, -0.05) is 42.5 Å². The van der Waals surface area contributed by atoms with E-state index in [1.54, 1.807) is 0 Å². The van der Waals surface area contributed by atoms with Crippen molar-refractivity contribution in [3.05, 3.63) is 48.0 Å². The number of hydrogen-bond acceptors (Lipinski definition) is 2. The molecule has 3 aliphatic rings. The van der Waals surface area contributed by atoms with E-state index in [0.29, 0.717) is 0 Å². The van der Waals surface area contributed by atoms with E-state index in [2.05, 4.69) is 52.3 Å². The van der Waals surface area contributed by atoms with Gasteiger partial charge in [0.15, 0.2) is 0 Å². The zero-order chi connectivity index (χ0) is 14.1. The SMILES string of the molecule is C1=C[C@H]2C[C@H]1C[C@@H]2CN1CCN(Cc2ccccc2)CC1. The minimum atomic E-state index is 0.900. The molecular weight excluding hydrogens is 256 g/mol. The molecule has 2 nitrogen and oxygen atoms in total. The van der Waals surface area contributed by atoms with Gasteiger partial charge in [0.1, 0.15) is 0 Å². The molecule has 1 saturated heterocycles. The summed E-state index contributed by atoms with van der Waals surface area (Å²) >= 11 is 0. The van der Waals surface area contributed by atoms with E-state index in [-0.39, 0.29) is 0 Å². The lowest BCUT2D eigenvalue weighted by Crippen LogP contribution is -2.47. The molecule has 21 heavy (non-hydrogen) atoms. The van der Waals surface area contributed by atoms with E-state index in [1.807, 2.05) is 0 Å². The third-order valence-corrected chi connectivity index (χ3v) is 5.62. The normalized spacial score (nSPS) is 32.9. The fourth-order valence-corrected chi connectivity index (χ4v) is 4.41. The Bertz CT molecular complexity index is 488. The molecular formula is C19H26N2. The summed E-state index contributed by atoms with van der Waals surface area (Å²) in [5.41, 5.74) is 1.45. The van der Waals surface area contributed by atoms with Crippen LogP contribution in [0.5, 0.6) is 0 Å². The molecule has 1 aromatic rings. The van der Waals surface area contributed by atoms with E-state index in [0.717, 1.165) is 24.3 Å². The zero-order valence-corrected chi connectivity index (χ0v) is 12.8. The molecule has 1 heterocycles. The van der Waals surface area contributed by atoms with E-state index >= 15 is 0 Å². The van der Waals surface area contributed by atoms with Crippen molar-refractivity contribution in [2.24, 2.45) is 17.8 Å². The first kappa shape index (κ1) is 13.5. The number of benzene rings is 1. The molecule has 4 rings (SSSR count). The molecule has 1 aromatic carbocycles. The van der Waals surface area contributed by atoms with Gasteiger partial charge in [0.2, 0.25) is 0 Å². The Balaban J connectivity index is 1.24. The predicted molar refractivity (Wildman–Crippen MR) is 87.0 cm³/mol. The highest BCUT2D eigenvalue weighted by Gasteiger charge is 2.36. The first-order valence-corrected chi connectivity index (χ1v) is 8.54. The second-order valence-corrected chi connectivity index (χ2v) is 7.10. The highest BCUT2D eigenvalue weighted by molar-refractivity contribution is 5.14. The van der Waals surface area contributed by atoms with Crippen molar-refractivity contribution in [3.8, 4) is 0 Å². The second kappa shape index (κ2) is 5.94. The van der Waals surface area contributed by atoms with Gasteiger partial charge in [-0.05, 0) is 36.2 Å². The minimum absolute atomic E-state index is 0.900. The molecule has 2 heteroatoms. The van der Waals surface area contributed by atoms with Crippen molar-refractivity contribution in [2.45, 2.75) is 19.4 Å². The number of rotatable bonds is 4. The summed E-state index contributed by atoms with van der Waals surface area (Å²) in [5.74, 6) is 2.76. The molecule has 1 aliphatic heterocycles. The molecule has 2 fully saturated rings. The van der Waals surface area contributed by atoms with Gasteiger partial charge >= 0.3 is 0 Å². The zero-order valence-electron chi connectivity index (χ0n) is 12.8. The van der Waals surface area contributed by atoms with Crippen molar-refractivity contribution in [3.63, 3.8) is 0 Å². The maximum Gasteiger partial charge on any atom is 0.0234 e. The van der Waals surface area contributed by atoms with Gasteiger partial charge < -0.3 is 4.90 Å². The van der Waals surface area contributed by atoms with E-state index < -0.39 is 0 Å². The van der Waals surface area contributed by atoms with Crippen LogP contribution in [-0.2, 0) is 6.54 Å². The van der Waals surface area contributed by atoms with Crippen LogP contribution in [0.25, 0.3) is 0 Å². The summed E-state index contributed by atoms with van der Waals surface area (Å²) in [6.45, 7) is 7.42. The van der Waals surface area contributed by atoms with Crippen LogP contribution >= 0.6 is 0 Å². The van der Waals surface area contributed by atoms with Crippen LogP contribution in [0.4, 0.5) is 0 Å². The molecule has 0 spiro atoms.